The van der Waals surface area contributed by atoms with Gasteiger partial charge in [-0.05, 0) is 18.1 Å². The third-order valence-electron chi connectivity index (χ3n) is 4.14. The van der Waals surface area contributed by atoms with Gasteiger partial charge in [-0.25, -0.2) is 4.98 Å². The number of nitrogens with one attached hydrogen (secondary N) is 1. The highest BCUT2D eigenvalue weighted by Gasteiger charge is 2.19. The normalized spacial score (nSPS) is 11.1. The third kappa shape index (κ3) is 4.47. The van der Waals surface area contributed by atoms with Crippen molar-refractivity contribution >= 4 is 28.5 Å². The molecular formula is C22H18N4O2S. The molecule has 0 unspecified atom stereocenters. The Morgan fingerprint density at radius 2 is 1.79 bits per heavy atom. The number of amides is 1. The predicted molar refractivity (Wildman–Crippen MR) is 114 cm³/mol. The zero-order valence-corrected chi connectivity index (χ0v) is 16.5. The van der Waals surface area contributed by atoms with Gasteiger partial charge in [0, 0.05) is 11.6 Å². The Hall–Kier alpha value is -3.58. The minimum atomic E-state index is -0.243. The number of aromatic nitrogens is 3. The van der Waals surface area contributed by atoms with Gasteiger partial charge in [0.05, 0.1) is 5.69 Å². The Bertz CT molecular complexity index is 1130. The highest BCUT2D eigenvalue weighted by Crippen LogP contribution is 2.33. The smallest absolute Gasteiger partial charge is 0.270 e. The molecule has 2 aromatic carbocycles. The summed E-state index contributed by atoms with van der Waals surface area (Å²) in [4.78, 5) is 22.0. The van der Waals surface area contributed by atoms with E-state index in [1.54, 1.807) is 6.08 Å². The summed E-state index contributed by atoms with van der Waals surface area (Å²) in [6, 6.07) is 19.3. The van der Waals surface area contributed by atoms with Crippen LogP contribution in [0.4, 0.5) is 5.13 Å². The number of nitrogens with zero attached hydrogens (tertiary/aromatic N) is 3. The lowest BCUT2D eigenvalue weighted by atomic mass is 10.2. The largest absolute Gasteiger partial charge is 0.333 e. The van der Waals surface area contributed by atoms with Crippen LogP contribution in [0.3, 0.4) is 0 Å². The SMILES string of the molecule is CCc1nc(NC(=O)/C=C/c2ccccc2)sc1-c1nc(-c2ccccc2)no1. The fourth-order valence-electron chi connectivity index (χ4n) is 2.72. The average molecular weight is 402 g/mol. The minimum Gasteiger partial charge on any atom is -0.333 e. The summed E-state index contributed by atoms with van der Waals surface area (Å²) in [5.41, 5.74) is 2.64. The van der Waals surface area contributed by atoms with Crippen LogP contribution in [-0.2, 0) is 11.2 Å². The molecular weight excluding hydrogens is 384 g/mol. The van der Waals surface area contributed by atoms with E-state index in [1.165, 1.54) is 17.4 Å². The van der Waals surface area contributed by atoms with Gasteiger partial charge < -0.3 is 4.52 Å². The van der Waals surface area contributed by atoms with Crippen LogP contribution < -0.4 is 5.32 Å². The highest BCUT2D eigenvalue weighted by molar-refractivity contribution is 7.19. The zero-order valence-electron chi connectivity index (χ0n) is 15.7. The first kappa shape index (κ1) is 18.8. The molecule has 0 aliphatic heterocycles. The lowest BCUT2D eigenvalue weighted by Gasteiger charge is -1.95. The maximum Gasteiger partial charge on any atom is 0.270 e. The number of benzene rings is 2. The van der Waals surface area contributed by atoms with Gasteiger partial charge in [-0.3, -0.25) is 10.1 Å². The van der Waals surface area contributed by atoms with Crippen molar-refractivity contribution in [2.75, 3.05) is 5.32 Å². The molecule has 6 nitrogen and oxygen atoms in total. The first-order valence-corrected chi connectivity index (χ1v) is 9.98. The maximum absolute atomic E-state index is 12.2. The van der Waals surface area contributed by atoms with Crippen molar-refractivity contribution in [2.45, 2.75) is 13.3 Å². The van der Waals surface area contributed by atoms with E-state index < -0.39 is 0 Å². The summed E-state index contributed by atoms with van der Waals surface area (Å²) in [5, 5.41) is 7.37. The van der Waals surface area contributed by atoms with Crippen LogP contribution in [0.2, 0.25) is 0 Å². The Labute approximate surface area is 171 Å². The molecule has 7 heteroatoms. The molecule has 1 amide bonds. The number of thiazole rings is 1. The van der Waals surface area contributed by atoms with Gasteiger partial charge in [0.1, 0.15) is 4.88 Å². The molecule has 144 valence electrons. The second-order valence-corrected chi connectivity index (χ2v) is 7.17. The number of aryl methyl sites for hydroxylation is 1. The lowest BCUT2D eigenvalue weighted by molar-refractivity contribution is -0.111. The first-order chi connectivity index (χ1) is 14.2. The Morgan fingerprint density at radius 3 is 2.52 bits per heavy atom. The van der Waals surface area contributed by atoms with Crippen molar-refractivity contribution in [3.8, 4) is 22.2 Å². The fraction of sp³-hybridized carbons (Fsp3) is 0.0909. The van der Waals surface area contributed by atoms with Crippen LogP contribution in [0.1, 0.15) is 18.2 Å². The number of hydrogen-bond donors (Lipinski definition) is 1. The topological polar surface area (TPSA) is 80.9 Å². The van der Waals surface area contributed by atoms with Crippen molar-refractivity contribution in [3.05, 3.63) is 78.0 Å². The van der Waals surface area contributed by atoms with Crippen LogP contribution >= 0.6 is 11.3 Å². The molecule has 4 rings (SSSR count). The summed E-state index contributed by atoms with van der Waals surface area (Å²) < 4.78 is 5.45. The second kappa shape index (κ2) is 8.62. The van der Waals surface area contributed by atoms with Gasteiger partial charge in [-0.15, -0.1) is 0 Å². The van der Waals surface area contributed by atoms with Crippen LogP contribution in [0.25, 0.3) is 28.2 Å². The molecule has 29 heavy (non-hydrogen) atoms. The van der Waals surface area contributed by atoms with E-state index in [-0.39, 0.29) is 5.91 Å². The molecule has 0 saturated heterocycles. The van der Waals surface area contributed by atoms with Crippen molar-refractivity contribution < 1.29 is 9.32 Å². The fourth-order valence-corrected chi connectivity index (χ4v) is 3.69. The van der Waals surface area contributed by atoms with E-state index in [0.29, 0.717) is 23.3 Å². The van der Waals surface area contributed by atoms with Gasteiger partial charge in [0.25, 0.3) is 5.89 Å². The van der Waals surface area contributed by atoms with Crippen LogP contribution in [-0.4, -0.2) is 21.0 Å². The third-order valence-corrected chi connectivity index (χ3v) is 5.14. The molecule has 0 fully saturated rings. The van der Waals surface area contributed by atoms with Crippen molar-refractivity contribution in [3.63, 3.8) is 0 Å². The zero-order chi connectivity index (χ0) is 20.1. The van der Waals surface area contributed by atoms with Gasteiger partial charge in [0.2, 0.25) is 11.7 Å². The second-order valence-electron chi connectivity index (χ2n) is 6.17. The minimum absolute atomic E-state index is 0.243. The molecule has 4 aromatic rings. The molecule has 0 aliphatic rings. The molecule has 2 heterocycles. The van der Waals surface area contributed by atoms with E-state index >= 15 is 0 Å². The van der Waals surface area contributed by atoms with Gasteiger partial charge >= 0.3 is 0 Å². The van der Waals surface area contributed by atoms with Crippen LogP contribution in [0.5, 0.6) is 0 Å². The van der Waals surface area contributed by atoms with Crippen molar-refractivity contribution in [1.82, 2.24) is 15.1 Å². The molecule has 0 aliphatic carbocycles. The van der Waals surface area contributed by atoms with Crippen molar-refractivity contribution in [2.24, 2.45) is 0 Å². The molecule has 0 atom stereocenters. The van der Waals surface area contributed by atoms with Gasteiger partial charge in [-0.1, -0.05) is 84.1 Å². The summed E-state index contributed by atoms with van der Waals surface area (Å²) in [7, 11) is 0. The van der Waals surface area contributed by atoms with E-state index in [9.17, 15) is 4.79 Å². The Kier molecular flexibility index (Phi) is 5.58. The monoisotopic (exact) mass is 402 g/mol. The average Bonchev–Trinajstić information content (AvgIpc) is 3.40. The van der Waals surface area contributed by atoms with Crippen LogP contribution in [0.15, 0.2) is 71.3 Å². The molecule has 1 N–H and O–H groups in total. The molecule has 0 radical (unpaired) electrons. The molecule has 0 spiro atoms. The number of anilines is 1. The Balaban J connectivity index is 1.52. The number of rotatable bonds is 6. The van der Waals surface area contributed by atoms with Crippen LogP contribution in [0, 0.1) is 0 Å². The predicted octanol–water partition coefficient (Wildman–Crippen LogP) is 5.07. The number of carbonyl (C=O) groups excluding carboxylic acids is 1. The summed E-state index contributed by atoms with van der Waals surface area (Å²) in [5.74, 6) is 0.679. The maximum atomic E-state index is 12.2. The molecule has 2 aromatic heterocycles. The quantitative estimate of drug-likeness (QED) is 0.455. The van der Waals surface area contributed by atoms with Gasteiger partial charge in [-0.2, -0.15) is 4.98 Å². The molecule has 0 bridgehead atoms. The first-order valence-electron chi connectivity index (χ1n) is 9.16. The number of hydrogen-bond acceptors (Lipinski definition) is 6. The Morgan fingerprint density at radius 1 is 1.07 bits per heavy atom. The standard InChI is InChI=1S/C22H18N4O2S/c1-2-17-19(21-25-20(26-28-21)16-11-7-4-8-12-16)29-22(23-17)24-18(27)14-13-15-9-5-3-6-10-15/h3-14H,2H2,1H3,(H,23,24,27)/b14-13+. The van der Waals surface area contributed by atoms with E-state index in [4.69, 9.17) is 4.52 Å². The summed E-state index contributed by atoms with van der Waals surface area (Å²) in [6.45, 7) is 1.99. The van der Waals surface area contributed by atoms with E-state index in [2.05, 4.69) is 20.4 Å². The van der Waals surface area contributed by atoms with Gasteiger partial charge in [0.15, 0.2) is 5.13 Å². The number of carbonyl (C=O) groups is 1. The summed E-state index contributed by atoms with van der Waals surface area (Å²) >= 11 is 1.32. The lowest BCUT2D eigenvalue weighted by Crippen LogP contribution is -2.07. The van der Waals surface area contributed by atoms with E-state index in [1.807, 2.05) is 67.6 Å². The highest BCUT2D eigenvalue weighted by atomic mass is 32.1. The summed E-state index contributed by atoms with van der Waals surface area (Å²) in [6.07, 6.45) is 3.93. The van der Waals surface area contributed by atoms with E-state index in [0.717, 1.165) is 21.7 Å². The molecule has 0 saturated carbocycles. The van der Waals surface area contributed by atoms with Crippen molar-refractivity contribution in [1.29, 1.82) is 0 Å².